The number of fused-ring (bicyclic) bond motifs is 2. The fourth-order valence-corrected chi connectivity index (χ4v) is 5.19. The van der Waals surface area contributed by atoms with Gasteiger partial charge in [-0.25, -0.2) is 0 Å². The van der Waals surface area contributed by atoms with Crippen molar-refractivity contribution in [2.75, 3.05) is 23.8 Å². The van der Waals surface area contributed by atoms with Gasteiger partial charge in [0.15, 0.2) is 0 Å². The zero-order chi connectivity index (χ0) is 26.2. The summed E-state index contributed by atoms with van der Waals surface area (Å²) in [4.78, 5) is 39.4. The molecular formula is C27H26ClN5O4. The lowest BCUT2D eigenvalue weighted by Gasteiger charge is -2.31. The number of halogens is 1. The summed E-state index contributed by atoms with van der Waals surface area (Å²) in [5.41, 5.74) is 2.90. The van der Waals surface area contributed by atoms with Crippen molar-refractivity contribution in [3.05, 3.63) is 82.3 Å². The van der Waals surface area contributed by atoms with Crippen LogP contribution in [0.4, 0.5) is 11.4 Å². The number of benzene rings is 2. The van der Waals surface area contributed by atoms with Crippen LogP contribution in [0, 0.1) is 0 Å². The van der Waals surface area contributed by atoms with Gasteiger partial charge < -0.3 is 20.7 Å². The van der Waals surface area contributed by atoms with Gasteiger partial charge in [-0.15, -0.1) is 0 Å². The maximum atomic E-state index is 13.5. The van der Waals surface area contributed by atoms with E-state index < -0.39 is 17.2 Å². The molecule has 5 rings (SSSR count). The second-order valence-corrected chi connectivity index (χ2v) is 9.54. The lowest BCUT2D eigenvalue weighted by molar-refractivity contribution is -0.124. The third-order valence-corrected chi connectivity index (χ3v) is 7.32. The molecule has 190 valence electrons. The Hall–Kier alpha value is -3.95. The molecule has 0 saturated carbocycles. The Bertz CT molecular complexity index is 1440. The molecule has 1 aromatic heterocycles. The van der Waals surface area contributed by atoms with Crippen LogP contribution >= 0.6 is 11.6 Å². The molecule has 37 heavy (non-hydrogen) atoms. The molecular weight excluding hydrogens is 494 g/mol. The van der Waals surface area contributed by atoms with Crippen molar-refractivity contribution >= 4 is 46.3 Å². The van der Waals surface area contributed by atoms with Crippen molar-refractivity contribution in [3.63, 3.8) is 0 Å². The van der Waals surface area contributed by atoms with Crippen LogP contribution in [-0.4, -0.2) is 40.7 Å². The van der Waals surface area contributed by atoms with E-state index >= 15 is 0 Å². The predicted molar refractivity (Wildman–Crippen MR) is 140 cm³/mol. The normalized spacial score (nSPS) is 16.6. The molecule has 3 N–H and O–H groups in total. The Morgan fingerprint density at radius 3 is 2.59 bits per heavy atom. The number of nitrogens with zero attached hydrogens (tertiary/aromatic N) is 2. The molecule has 0 unspecified atom stereocenters. The number of aromatic nitrogens is 2. The Morgan fingerprint density at radius 2 is 1.89 bits per heavy atom. The van der Waals surface area contributed by atoms with Gasteiger partial charge in [0.05, 0.1) is 5.41 Å². The number of ether oxygens (including phenoxy) is 1. The third-order valence-electron chi connectivity index (χ3n) is 6.99. The summed E-state index contributed by atoms with van der Waals surface area (Å²) >= 11 is 6.40. The van der Waals surface area contributed by atoms with Crippen LogP contribution in [0.2, 0.25) is 5.02 Å². The van der Waals surface area contributed by atoms with E-state index in [9.17, 15) is 14.4 Å². The third kappa shape index (κ3) is 4.52. The van der Waals surface area contributed by atoms with Crippen molar-refractivity contribution in [2.24, 2.45) is 7.05 Å². The molecule has 3 aromatic rings. The van der Waals surface area contributed by atoms with E-state index in [1.54, 1.807) is 56.4 Å². The van der Waals surface area contributed by atoms with Gasteiger partial charge in [0.25, 0.3) is 11.8 Å². The quantitative estimate of drug-likeness (QED) is 0.443. The second-order valence-electron chi connectivity index (χ2n) is 9.14. The molecule has 0 radical (unpaired) electrons. The minimum Gasteiger partial charge on any atom is -0.381 e. The van der Waals surface area contributed by atoms with Crippen molar-refractivity contribution < 1.29 is 19.1 Å². The number of allylic oxidation sites excluding steroid dienone is 1. The molecule has 0 atom stereocenters. The highest BCUT2D eigenvalue weighted by Gasteiger charge is 2.47. The van der Waals surface area contributed by atoms with E-state index in [4.69, 9.17) is 16.3 Å². The summed E-state index contributed by atoms with van der Waals surface area (Å²) in [5.74, 6) is -1.06. The maximum absolute atomic E-state index is 13.5. The van der Waals surface area contributed by atoms with Crippen LogP contribution in [0.5, 0.6) is 0 Å². The molecule has 0 bridgehead atoms. The van der Waals surface area contributed by atoms with Gasteiger partial charge in [-0.3, -0.25) is 19.1 Å². The molecule has 10 heteroatoms. The number of carbonyl (C=O) groups excluding carboxylic acids is 3. The Balaban J connectivity index is 1.46. The largest absolute Gasteiger partial charge is 0.381 e. The van der Waals surface area contributed by atoms with E-state index in [1.165, 1.54) is 10.9 Å². The topological polar surface area (TPSA) is 114 Å². The summed E-state index contributed by atoms with van der Waals surface area (Å²) in [7, 11) is 1.64. The molecule has 9 nitrogen and oxygen atoms in total. The maximum Gasteiger partial charge on any atom is 0.274 e. The molecule has 0 aliphatic carbocycles. The average Bonchev–Trinajstić information content (AvgIpc) is 3.43. The number of amides is 3. The summed E-state index contributed by atoms with van der Waals surface area (Å²) in [6, 6.07) is 14.0. The number of carbonyl (C=O) groups is 3. The summed E-state index contributed by atoms with van der Waals surface area (Å²) in [6.45, 7) is 2.77. The molecule has 3 heterocycles. The van der Waals surface area contributed by atoms with E-state index in [-0.39, 0.29) is 11.6 Å². The second kappa shape index (κ2) is 9.84. The summed E-state index contributed by atoms with van der Waals surface area (Å²) in [6.07, 6.45) is 2.73. The minimum absolute atomic E-state index is 0.0460. The standard InChI is InChI=1S/C27H26ClN5O4/c1-16(18-5-3-4-6-20(18)28)23(32-24(34)22-9-12-29-33(22)2)25(35)30-17-7-8-19-21(15-17)31-26(36)27(19)10-13-37-14-11-27/h3-9,12,15H,10-11,13-14H2,1-2H3,(H,30,35)(H,31,36)(H,32,34). The molecule has 1 spiro atoms. The first-order valence-electron chi connectivity index (χ1n) is 11.9. The Kier molecular flexibility index (Phi) is 6.57. The first-order valence-corrected chi connectivity index (χ1v) is 12.3. The van der Waals surface area contributed by atoms with Crippen LogP contribution in [0.25, 0.3) is 5.57 Å². The number of hydrogen-bond acceptors (Lipinski definition) is 5. The van der Waals surface area contributed by atoms with E-state index in [1.807, 2.05) is 6.07 Å². The van der Waals surface area contributed by atoms with Crippen LogP contribution in [-0.2, 0) is 26.8 Å². The smallest absolute Gasteiger partial charge is 0.274 e. The van der Waals surface area contributed by atoms with Crippen molar-refractivity contribution in [1.29, 1.82) is 0 Å². The van der Waals surface area contributed by atoms with Gasteiger partial charge in [0, 0.05) is 42.9 Å². The highest BCUT2D eigenvalue weighted by Crippen LogP contribution is 2.45. The van der Waals surface area contributed by atoms with Crippen LogP contribution in [0.3, 0.4) is 0 Å². The van der Waals surface area contributed by atoms with Crippen molar-refractivity contribution in [3.8, 4) is 0 Å². The average molecular weight is 520 g/mol. The number of anilines is 2. The van der Waals surface area contributed by atoms with Gasteiger partial charge in [0.2, 0.25) is 5.91 Å². The highest BCUT2D eigenvalue weighted by molar-refractivity contribution is 6.32. The highest BCUT2D eigenvalue weighted by atomic mass is 35.5. The SMILES string of the molecule is CC(=C(NC(=O)c1ccnn1C)C(=O)Nc1ccc2c(c1)NC(=O)C21CCOCC1)c1ccccc1Cl. The van der Waals surface area contributed by atoms with Gasteiger partial charge in [0.1, 0.15) is 11.4 Å². The van der Waals surface area contributed by atoms with Crippen LogP contribution in [0.1, 0.15) is 41.4 Å². The first kappa shape index (κ1) is 24.7. The van der Waals surface area contributed by atoms with Gasteiger partial charge in [-0.05, 0) is 60.7 Å². The Labute approximate surface area is 218 Å². The first-order chi connectivity index (χ1) is 17.8. The summed E-state index contributed by atoms with van der Waals surface area (Å²) < 4.78 is 6.89. The van der Waals surface area contributed by atoms with Crippen molar-refractivity contribution in [2.45, 2.75) is 25.2 Å². The van der Waals surface area contributed by atoms with Gasteiger partial charge >= 0.3 is 0 Å². The van der Waals surface area contributed by atoms with E-state index in [2.05, 4.69) is 21.0 Å². The van der Waals surface area contributed by atoms with Crippen LogP contribution < -0.4 is 16.0 Å². The van der Waals surface area contributed by atoms with E-state index in [0.29, 0.717) is 59.3 Å². The van der Waals surface area contributed by atoms with Gasteiger partial charge in [-0.1, -0.05) is 35.9 Å². The zero-order valence-corrected chi connectivity index (χ0v) is 21.2. The van der Waals surface area contributed by atoms with Gasteiger partial charge in [-0.2, -0.15) is 5.10 Å². The Morgan fingerprint density at radius 1 is 1.14 bits per heavy atom. The molecule has 2 aromatic carbocycles. The number of nitrogens with one attached hydrogen (secondary N) is 3. The number of hydrogen-bond donors (Lipinski definition) is 3. The lowest BCUT2D eigenvalue weighted by atomic mass is 9.75. The minimum atomic E-state index is -0.598. The number of aryl methyl sites for hydroxylation is 1. The molecule has 3 amide bonds. The fraction of sp³-hybridized carbons (Fsp3) is 0.259. The summed E-state index contributed by atoms with van der Waals surface area (Å²) in [5, 5.41) is 13.0. The van der Waals surface area contributed by atoms with Crippen LogP contribution in [0.15, 0.2) is 60.4 Å². The van der Waals surface area contributed by atoms with Crippen molar-refractivity contribution in [1.82, 2.24) is 15.1 Å². The molecule has 1 fully saturated rings. The monoisotopic (exact) mass is 519 g/mol. The molecule has 1 saturated heterocycles. The zero-order valence-electron chi connectivity index (χ0n) is 20.4. The number of rotatable bonds is 5. The molecule has 2 aliphatic heterocycles. The fourth-order valence-electron chi connectivity index (χ4n) is 4.91. The predicted octanol–water partition coefficient (Wildman–Crippen LogP) is 3.87. The molecule has 2 aliphatic rings. The lowest BCUT2D eigenvalue weighted by Crippen LogP contribution is -2.39. The van der Waals surface area contributed by atoms with E-state index in [0.717, 1.165) is 5.56 Å².